The third-order valence-corrected chi connectivity index (χ3v) is 12.2. The summed E-state index contributed by atoms with van der Waals surface area (Å²) < 4.78 is 92.0. The molecule has 0 spiro atoms. The Kier molecular flexibility index (Phi) is 12.4. The fraction of sp³-hybridized carbons (Fsp3) is 0.714. The molecule has 2 rings (SSSR count). The highest BCUT2D eigenvalue weighted by atomic mass is 31.3. The summed E-state index contributed by atoms with van der Waals surface area (Å²) in [6, 6.07) is 1.13. The zero-order valence-electron chi connectivity index (χ0n) is 22.2. The largest absolute Gasteiger partial charge is 0.492 e. The molecule has 1 aliphatic heterocycles. The normalized spacial score (nSPS) is 26.0. The van der Waals surface area contributed by atoms with Gasteiger partial charge in [-0.05, 0) is 6.07 Å². The van der Waals surface area contributed by atoms with Crippen LogP contribution in [0.1, 0.15) is 6.23 Å². The monoisotopic (exact) mass is 729 g/mol. The van der Waals surface area contributed by atoms with E-state index in [0.29, 0.717) is 4.57 Å². The number of rotatable bonds is 16. The molecule has 5 unspecified atom stereocenters. The average Bonchev–Trinajstić information content (AvgIpc) is 3.01. The first-order valence-corrected chi connectivity index (χ1v) is 18.6. The van der Waals surface area contributed by atoms with Gasteiger partial charge >= 0.3 is 44.8 Å². The molecule has 2 heterocycles. The van der Waals surface area contributed by atoms with Gasteiger partial charge in [-0.2, -0.15) is 22.2 Å². The van der Waals surface area contributed by atoms with Gasteiger partial charge in [0.05, 0.1) is 27.7 Å². The zero-order valence-corrected chi connectivity index (χ0v) is 26.7. The van der Waals surface area contributed by atoms with Crippen molar-refractivity contribution in [2.45, 2.75) is 24.5 Å². The van der Waals surface area contributed by atoms with E-state index in [1.165, 1.54) is 0 Å². The number of nitrogens with zero attached hydrogens (tertiary/aromatic N) is 3. The fourth-order valence-electron chi connectivity index (χ4n) is 2.96. The number of ether oxygens (including phenoxy) is 1. The van der Waals surface area contributed by atoms with Gasteiger partial charge in [0.2, 0.25) is 0 Å². The van der Waals surface area contributed by atoms with Crippen molar-refractivity contribution in [2.24, 2.45) is 0 Å². The van der Waals surface area contributed by atoms with Gasteiger partial charge in [-0.1, -0.05) is 0 Å². The first kappa shape index (κ1) is 38.4. The third-order valence-electron chi connectivity index (χ3n) is 4.69. The Morgan fingerprint density at radius 3 is 1.88 bits per heavy atom. The Bertz CT molecular complexity index is 1440. The Balaban J connectivity index is 2.27. The summed E-state index contributed by atoms with van der Waals surface area (Å²) in [7, 11) is -25.0. The van der Waals surface area contributed by atoms with Gasteiger partial charge in [-0.3, -0.25) is 13.6 Å². The number of quaternary nitrogens is 1. The number of hydrogen-bond acceptors (Lipinski definition) is 17. The van der Waals surface area contributed by atoms with E-state index in [9.17, 15) is 42.7 Å². The molecule has 0 aliphatic carbocycles. The molecule has 43 heavy (non-hydrogen) atoms. The van der Waals surface area contributed by atoms with E-state index in [4.69, 9.17) is 30.0 Å². The SMILES string of the molecule is C[N+](C)(C)CCOP(=O)(OP(=O)(O)O)OP(=O)(O)OP(=O)(OC[C@H]1O[C@@H](n2ccc(N)nc2=O)C(O)C1O)OP(=O)(O)O. The van der Waals surface area contributed by atoms with E-state index >= 15 is 0 Å². The predicted octanol–water partition coefficient (Wildman–Crippen LogP) is -1.25. The lowest BCUT2D eigenvalue weighted by Gasteiger charge is -2.26. The quantitative estimate of drug-likeness (QED) is 0.0728. The van der Waals surface area contributed by atoms with Gasteiger partial charge < -0.3 is 49.6 Å². The minimum atomic E-state index is -6.28. The van der Waals surface area contributed by atoms with Crippen molar-refractivity contribution in [3.63, 3.8) is 0 Å². The highest BCUT2D eigenvalue weighted by Crippen LogP contribution is 2.75. The lowest BCUT2D eigenvalue weighted by atomic mass is 10.1. The van der Waals surface area contributed by atoms with E-state index in [2.05, 4.69) is 31.3 Å². The van der Waals surface area contributed by atoms with Crippen LogP contribution in [0.25, 0.3) is 0 Å². The van der Waals surface area contributed by atoms with Gasteiger partial charge in [0.1, 0.15) is 37.3 Å². The lowest BCUT2D eigenvalue weighted by Crippen LogP contribution is -2.37. The standard InChI is InChI=1S/C14H29N4O20P5/c1-18(2,3)6-7-32-42(30,35-39(22,23)24)37-41(28,29)38-43(31,36-40(25,26)27)33-8-9-11(19)12(20)13(34-9)17-5-4-10(15)16-14(17)21/h4-5,9,11-13,19-20H,6-8H2,1-3H3,(H6-,15,16,21,22,23,24,25,26,27,28,29)/p+1/t9-,11?,12?,13-,42?,43?/m1/s1. The molecule has 0 bridgehead atoms. The maximum atomic E-state index is 13.0. The van der Waals surface area contributed by atoms with E-state index in [1.807, 2.05) is 0 Å². The highest BCUT2D eigenvalue weighted by molar-refractivity contribution is 7.71. The molecule has 250 valence electrons. The molecular weight excluding hydrogens is 699 g/mol. The summed E-state index contributed by atoms with van der Waals surface area (Å²) in [6.45, 7) is -2.03. The van der Waals surface area contributed by atoms with Crippen molar-refractivity contribution in [2.75, 3.05) is 46.6 Å². The second-order valence-electron chi connectivity index (χ2n) is 9.40. The van der Waals surface area contributed by atoms with Crippen molar-refractivity contribution in [3.05, 3.63) is 22.7 Å². The smallest absolute Gasteiger partial charge is 0.387 e. The summed E-state index contributed by atoms with van der Waals surface area (Å²) in [5.41, 5.74) is 4.33. The predicted molar refractivity (Wildman–Crippen MR) is 137 cm³/mol. The van der Waals surface area contributed by atoms with E-state index in [-0.39, 0.29) is 16.8 Å². The zero-order chi connectivity index (χ0) is 33.2. The number of hydrogen-bond donors (Lipinski definition) is 8. The fourth-order valence-corrected chi connectivity index (χ4v) is 9.62. The molecule has 1 aromatic heterocycles. The number of anilines is 1. The van der Waals surface area contributed by atoms with E-state index < -0.39 is 82.6 Å². The van der Waals surface area contributed by atoms with Crippen LogP contribution >= 0.6 is 39.1 Å². The van der Waals surface area contributed by atoms with Crippen LogP contribution in [0.5, 0.6) is 0 Å². The van der Waals surface area contributed by atoms with Crippen molar-refractivity contribution < 1.29 is 93.0 Å². The van der Waals surface area contributed by atoms with E-state index in [0.717, 1.165) is 12.3 Å². The van der Waals surface area contributed by atoms with Crippen LogP contribution in [0, 0.1) is 0 Å². The minimum Gasteiger partial charge on any atom is -0.387 e. The number of aromatic nitrogens is 2. The summed E-state index contributed by atoms with van der Waals surface area (Å²) >= 11 is 0. The van der Waals surface area contributed by atoms with Gasteiger partial charge in [0, 0.05) is 6.20 Å². The Morgan fingerprint density at radius 1 is 0.907 bits per heavy atom. The van der Waals surface area contributed by atoms with Crippen LogP contribution in [-0.4, -0.2) is 108 Å². The molecule has 9 N–H and O–H groups in total. The van der Waals surface area contributed by atoms with E-state index in [1.54, 1.807) is 21.1 Å². The maximum absolute atomic E-state index is 13.0. The summed E-state index contributed by atoms with van der Waals surface area (Å²) in [4.78, 5) is 61.8. The topological polar surface area (TPSA) is 352 Å². The van der Waals surface area contributed by atoms with Gasteiger partial charge in [-0.15, -0.1) is 0 Å². The molecular formula is C14H30N4O20P5+. The molecule has 1 aliphatic rings. The van der Waals surface area contributed by atoms with Crippen LogP contribution in [-0.2, 0) is 53.9 Å². The first-order valence-electron chi connectivity index (χ1n) is 11.2. The highest BCUT2D eigenvalue weighted by Gasteiger charge is 2.51. The van der Waals surface area contributed by atoms with Crippen LogP contribution < -0.4 is 11.4 Å². The Morgan fingerprint density at radius 2 is 1.42 bits per heavy atom. The summed E-state index contributed by atoms with van der Waals surface area (Å²) in [5, 5.41) is 20.6. The van der Waals surface area contributed by atoms with Gasteiger partial charge in [0.15, 0.2) is 6.23 Å². The third kappa shape index (κ3) is 12.9. The molecule has 1 aromatic rings. The molecule has 1 saturated heterocycles. The van der Waals surface area contributed by atoms with Crippen LogP contribution in [0.4, 0.5) is 5.82 Å². The van der Waals surface area contributed by atoms with Crippen molar-refractivity contribution in [1.29, 1.82) is 0 Å². The second kappa shape index (κ2) is 13.9. The van der Waals surface area contributed by atoms with Crippen molar-refractivity contribution >= 4 is 44.9 Å². The van der Waals surface area contributed by atoms with Crippen molar-refractivity contribution in [1.82, 2.24) is 9.55 Å². The summed E-state index contributed by atoms with van der Waals surface area (Å²) in [5.74, 6) is -0.202. The average molecular weight is 729 g/mol. The molecule has 1 fully saturated rings. The van der Waals surface area contributed by atoms with Crippen molar-refractivity contribution in [3.8, 4) is 0 Å². The maximum Gasteiger partial charge on any atom is 0.492 e. The van der Waals surface area contributed by atoms with Gasteiger partial charge in [-0.25, -0.2) is 27.6 Å². The number of aliphatic hydroxyl groups is 2. The number of nitrogen functional groups attached to an aromatic ring is 1. The second-order valence-corrected chi connectivity index (χ2v) is 17.2. The van der Waals surface area contributed by atoms with Crippen LogP contribution in [0.15, 0.2) is 17.1 Å². The number of likely N-dealkylation sites (N-methyl/N-ethyl adjacent to an activating group) is 1. The molecule has 0 radical (unpaired) electrons. The number of aliphatic hydroxyl groups excluding tert-OH is 2. The molecule has 24 nitrogen and oxygen atoms in total. The summed E-state index contributed by atoms with van der Waals surface area (Å²) in [6.07, 6.45) is -6.31. The number of phosphoric acid groups is 5. The first-order chi connectivity index (χ1) is 19.2. The van der Waals surface area contributed by atoms with Crippen LogP contribution in [0.3, 0.4) is 0 Å². The minimum absolute atomic E-state index is 0.0491. The number of nitrogens with two attached hydrogens (primary N) is 1. The molecule has 0 aromatic carbocycles. The van der Waals surface area contributed by atoms with Crippen LogP contribution in [0.2, 0.25) is 0 Å². The molecule has 7 atom stereocenters. The van der Waals surface area contributed by atoms with Gasteiger partial charge in [0.25, 0.3) is 0 Å². The Hall–Kier alpha value is -0.770. The Labute approximate surface area is 241 Å². The molecule has 0 saturated carbocycles. The molecule has 29 heteroatoms. The molecule has 0 amide bonds. The lowest BCUT2D eigenvalue weighted by molar-refractivity contribution is -0.870.